The van der Waals surface area contributed by atoms with Crippen molar-refractivity contribution in [2.45, 2.75) is 6.92 Å². The molecule has 2 heterocycles. The van der Waals surface area contributed by atoms with Crippen LogP contribution >= 0.6 is 11.3 Å². The molecule has 0 fully saturated rings. The Hall–Kier alpha value is -4.56. The van der Waals surface area contributed by atoms with Gasteiger partial charge < -0.3 is 5.32 Å². The second-order valence-electron chi connectivity index (χ2n) is 7.72. The van der Waals surface area contributed by atoms with Gasteiger partial charge in [0.1, 0.15) is 6.33 Å². The van der Waals surface area contributed by atoms with Gasteiger partial charge in [0.25, 0.3) is 0 Å². The standard InChI is InChI=1S/C27H21N5O2S/c1-19(33)32(23-7-3-2-4-8-23)27-30-21(17-35-27)13-16-26(34)29-20-11-14-22(15-12-20)31-18-28-24-9-5-6-10-25(24)31/h2-18H,1H3,(H,29,34)/b16-13+. The fraction of sp³-hybridized carbons (Fsp3) is 0.0370. The van der Waals surface area contributed by atoms with Crippen LogP contribution in [-0.2, 0) is 9.59 Å². The maximum absolute atomic E-state index is 12.4. The van der Waals surface area contributed by atoms with Crippen molar-refractivity contribution in [1.29, 1.82) is 0 Å². The maximum atomic E-state index is 12.4. The number of benzene rings is 3. The molecule has 0 aliphatic carbocycles. The molecule has 5 aromatic rings. The molecule has 2 aromatic heterocycles. The predicted octanol–water partition coefficient (Wildman–Crippen LogP) is 5.82. The van der Waals surface area contributed by atoms with Crippen molar-refractivity contribution in [2.24, 2.45) is 0 Å². The smallest absolute Gasteiger partial charge is 0.248 e. The number of hydrogen-bond acceptors (Lipinski definition) is 5. The van der Waals surface area contributed by atoms with Gasteiger partial charge in [-0.3, -0.25) is 19.1 Å². The van der Waals surface area contributed by atoms with Crippen molar-refractivity contribution < 1.29 is 9.59 Å². The monoisotopic (exact) mass is 479 g/mol. The lowest BCUT2D eigenvalue weighted by Crippen LogP contribution is -2.22. The Kier molecular flexibility index (Phi) is 6.19. The minimum absolute atomic E-state index is 0.133. The van der Waals surface area contributed by atoms with E-state index in [9.17, 15) is 9.59 Å². The molecule has 35 heavy (non-hydrogen) atoms. The summed E-state index contributed by atoms with van der Waals surface area (Å²) in [6.45, 7) is 1.50. The highest BCUT2D eigenvalue weighted by Crippen LogP contribution is 2.29. The summed E-state index contributed by atoms with van der Waals surface area (Å²) in [7, 11) is 0. The number of nitrogens with one attached hydrogen (secondary N) is 1. The molecule has 2 amide bonds. The zero-order valence-corrected chi connectivity index (χ0v) is 19.6. The van der Waals surface area contributed by atoms with Crippen LogP contribution in [-0.4, -0.2) is 26.3 Å². The van der Waals surface area contributed by atoms with E-state index in [1.807, 2.05) is 88.8 Å². The van der Waals surface area contributed by atoms with Gasteiger partial charge in [0.15, 0.2) is 5.13 Å². The van der Waals surface area contributed by atoms with E-state index in [1.54, 1.807) is 17.3 Å². The molecule has 0 aliphatic heterocycles. The Balaban J connectivity index is 1.25. The van der Waals surface area contributed by atoms with E-state index in [4.69, 9.17) is 0 Å². The highest BCUT2D eigenvalue weighted by Gasteiger charge is 2.17. The molecule has 5 rings (SSSR count). The molecule has 0 saturated carbocycles. The molecular formula is C27H21N5O2S. The van der Waals surface area contributed by atoms with Crippen LogP contribution in [0, 0.1) is 0 Å². The lowest BCUT2D eigenvalue weighted by atomic mass is 10.2. The first-order chi connectivity index (χ1) is 17.1. The molecule has 1 N–H and O–H groups in total. The number of carbonyl (C=O) groups is 2. The quantitative estimate of drug-likeness (QED) is 0.311. The Morgan fingerprint density at radius 3 is 2.49 bits per heavy atom. The van der Waals surface area contributed by atoms with E-state index in [0.29, 0.717) is 16.5 Å². The number of carbonyl (C=O) groups excluding carboxylic acids is 2. The van der Waals surface area contributed by atoms with Gasteiger partial charge in [0.2, 0.25) is 11.8 Å². The molecule has 172 valence electrons. The Labute approximate surface area is 206 Å². The number of imidazole rings is 1. The van der Waals surface area contributed by atoms with Gasteiger partial charge in [0, 0.05) is 29.8 Å². The number of thiazole rings is 1. The molecule has 8 heteroatoms. The molecule has 0 bridgehead atoms. The van der Waals surface area contributed by atoms with Gasteiger partial charge >= 0.3 is 0 Å². The third-order valence-corrected chi connectivity index (χ3v) is 6.15. The summed E-state index contributed by atoms with van der Waals surface area (Å²) < 4.78 is 2.00. The summed E-state index contributed by atoms with van der Waals surface area (Å²) in [5, 5.41) is 5.21. The fourth-order valence-electron chi connectivity index (χ4n) is 3.67. The van der Waals surface area contributed by atoms with Crippen LogP contribution in [0.15, 0.2) is 96.6 Å². The Morgan fingerprint density at radius 2 is 1.71 bits per heavy atom. The van der Waals surface area contributed by atoms with Gasteiger partial charge in [-0.1, -0.05) is 30.3 Å². The molecule has 0 spiro atoms. The maximum Gasteiger partial charge on any atom is 0.248 e. The fourth-order valence-corrected chi connectivity index (χ4v) is 4.53. The van der Waals surface area contributed by atoms with Gasteiger partial charge in [-0.05, 0) is 54.6 Å². The number of nitrogens with zero attached hydrogens (tertiary/aromatic N) is 4. The number of anilines is 3. The first kappa shape index (κ1) is 22.2. The lowest BCUT2D eigenvalue weighted by Gasteiger charge is -2.17. The molecular weight excluding hydrogens is 458 g/mol. The number of fused-ring (bicyclic) bond motifs is 1. The van der Waals surface area contributed by atoms with Crippen LogP contribution in [0.5, 0.6) is 0 Å². The van der Waals surface area contributed by atoms with Gasteiger partial charge in [-0.25, -0.2) is 9.97 Å². The average Bonchev–Trinajstić information content (AvgIpc) is 3.51. The number of hydrogen-bond donors (Lipinski definition) is 1. The summed E-state index contributed by atoms with van der Waals surface area (Å²) in [4.78, 5) is 35.1. The highest BCUT2D eigenvalue weighted by molar-refractivity contribution is 7.14. The zero-order chi connectivity index (χ0) is 24.2. The Morgan fingerprint density at radius 1 is 0.971 bits per heavy atom. The van der Waals surface area contributed by atoms with E-state index < -0.39 is 0 Å². The van der Waals surface area contributed by atoms with Gasteiger partial charge in [-0.2, -0.15) is 0 Å². The lowest BCUT2D eigenvalue weighted by molar-refractivity contribution is -0.116. The summed E-state index contributed by atoms with van der Waals surface area (Å²) in [5.74, 6) is -0.405. The van der Waals surface area contributed by atoms with Crippen LogP contribution in [0.3, 0.4) is 0 Å². The number of rotatable bonds is 6. The van der Waals surface area contributed by atoms with E-state index >= 15 is 0 Å². The molecule has 7 nitrogen and oxygen atoms in total. The largest absolute Gasteiger partial charge is 0.323 e. The predicted molar refractivity (Wildman–Crippen MR) is 140 cm³/mol. The van der Waals surface area contributed by atoms with E-state index in [1.165, 1.54) is 24.3 Å². The number of para-hydroxylation sites is 3. The third-order valence-electron chi connectivity index (χ3n) is 5.30. The van der Waals surface area contributed by atoms with E-state index in [-0.39, 0.29) is 11.8 Å². The molecule has 0 radical (unpaired) electrons. The average molecular weight is 480 g/mol. The second-order valence-corrected chi connectivity index (χ2v) is 8.55. The molecule has 0 saturated heterocycles. The molecule has 0 aliphatic rings. The van der Waals surface area contributed by atoms with Crippen molar-refractivity contribution in [2.75, 3.05) is 10.2 Å². The SMILES string of the molecule is CC(=O)N(c1ccccc1)c1nc(/C=C/C(=O)Nc2ccc(-n3cnc4ccccc43)cc2)cs1. The molecule has 0 atom stereocenters. The van der Waals surface area contributed by atoms with Crippen LogP contribution in [0.25, 0.3) is 22.8 Å². The van der Waals surface area contributed by atoms with Gasteiger partial charge in [-0.15, -0.1) is 11.3 Å². The zero-order valence-electron chi connectivity index (χ0n) is 18.8. The van der Waals surface area contributed by atoms with Crippen LogP contribution in [0.1, 0.15) is 12.6 Å². The summed E-state index contributed by atoms with van der Waals surface area (Å²) in [5.41, 5.74) is 4.93. The Bertz CT molecular complexity index is 1520. The molecule has 0 unspecified atom stereocenters. The minimum atomic E-state index is -0.271. The second kappa shape index (κ2) is 9.74. The van der Waals surface area contributed by atoms with E-state index in [0.717, 1.165) is 22.4 Å². The highest BCUT2D eigenvalue weighted by atomic mass is 32.1. The van der Waals surface area contributed by atoms with Crippen molar-refractivity contribution in [1.82, 2.24) is 14.5 Å². The normalized spacial score (nSPS) is 11.1. The van der Waals surface area contributed by atoms with Crippen molar-refractivity contribution in [3.05, 3.63) is 102 Å². The summed E-state index contributed by atoms with van der Waals surface area (Å²) in [6.07, 6.45) is 4.84. The number of amides is 2. The number of aromatic nitrogens is 3. The minimum Gasteiger partial charge on any atom is -0.323 e. The van der Waals surface area contributed by atoms with Crippen molar-refractivity contribution in [3.63, 3.8) is 0 Å². The topological polar surface area (TPSA) is 80.1 Å². The van der Waals surface area contributed by atoms with Crippen molar-refractivity contribution >= 4 is 56.8 Å². The first-order valence-corrected chi connectivity index (χ1v) is 11.8. The first-order valence-electron chi connectivity index (χ1n) is 10.9. The van der Waals surface area contributed by atoms with Gasteiger partial charge in [0.05, 0.1) is 22.4 Å². The molecule has 3 aromatic carbocycles. The summed E-state index contributed by atoms with van der Waals surface area (Å²) >= 11 is 1.34. The van der Waals surface area contributed by atoms with Crippen LogP contribution in [0.4, 0.5) is 16.5 Å². The van der Waals surface area contributed by atoms with Crippen LogP contribution < -0.4 is 10.2 Å². The third kappa shape index (κ3) is 4.87. The van der Waals surface area contributed by atoms with Crippen LogP contribution in [0.2, 0.25) is 0 Å². The summed E-state index contributed by atoms with van der Waals surface area (Å²) in [6, 6.07) is 24.8. The van der Waals surface area contributed by atoms with E-state index in [2.05, 4.69) is 15.3 Å². The van der Waals surface area contributed by atoms with Crippen molar-refractivity contribution in [3.8, 4) is 5.69 Å².